The molecule has 0 saturated heterocycles. The minimum absolute atomic E-state index is 0.0872. The Hall–Kier alpha value is -1.48. The second-order valence-corrected chi connectivity index (χ2v) is 5.96. The summed E-state index contributed by atoms with van der Waals surface area (Å²) in [7, 11) is -3.90. The van der Waals surface area contributed by atoms with Crippen molar-refractivity contribution in [2.45, 2.75) is 11.8 Å². The molecule has 0 spiro atoms. The van der Waals surface area contributed by atoms with E-state index in [0.717, 1.165) is 6.07 Å². The van der Waals surface area contributed by atoms with E-state index < -0.39 is 15.8 Å². The topological polar surface area (TPSA) is 87.7 Å². The van der Waals surface area contributed by atoms with E-state index in [0.29, 0.717) is 5.82 Å². The second-order valence-electron chi connectivity index (χ2n) is 3.43. The van der Waals surface area contributed by atoms with Crippen molar-refractivity contribution in [3.05, 3.63) is 34.3 Å². The van der Waals surface area contributed by atoms with Crippen molar-refractivity contribution in [1.29, 1.82) is 0 Å². The van der Waals surface area contributed by atoms with Crippen molar-refractivity contribution < 1.29 is 12.8 Å². The van der Waals surface area contributed by atoms with E-state index in [-0.39, 0.29) is 15.3 Å². The predicted octanol–water partition coefficient (Wildman–Crippen LogP) is 1.82. The fourth-order valence-corrected chi connectivity index (χ4v) is 2.41. The summed E-state index contributed by atoms with van der Waals surface area (Å²) in [6.07, 6.45) is 0. The first kappa shape index (κ1) is 13.0. The van der Waals surface area contributed by atoms with Crippen LogP contribution in [0.15, 0.2) is 27.6 Å². The molecule has 6 nitrogen and oxygen atoms in total. The number of hydrogen-bond donors (Lipinski definition) is 2. The Labute approximate surface area is 111 Å². The van der Waals surface area contributed by atoms with Crippen molar-refractivity contribution in [3.63, 3.8) is 0 Å². The summed E-state index contributed by atoms with van der Waals surface area (Å²) >= 11 is 2.95. The molecule has 0 aliphatic heterocycles. The third-order valence-electron chi connectivity index (χ3n) is 2.02. The normalized spacial score (nSPS) is 11.5. The van der Waals surface area contributed by atoms with Crippen LogP contribution in [0, 0.1) is 12.7 Å². The summed E-state index contributed by atoms with van der Waals surface area (Å²) < 4.78 is 39.4. The molecule has 1 heterocycles. The van der Waals surface area contributed by atoms with E-state index in [1.807, 2.05) is 0 Å². The van der Waals surface area contributed by atoms with Crippen LogP contribution < -0.4 is 4.72 Å². The summed E-state index contributed by atoms with van der Waals surface area (Å²) in [6, 6.07) is 3.49. The van der Waals surface area contributed by atoms with Gasteiger partial charge in [0.25, 0.3) is 16.0 Å². The van der Waals surface area contributed by atoms with Crippen LogP contribution in [0.1, 0.15) is 5.82 Å². The molecular formula is C9H8BrFN4O2S. The van der Waals surface area contributed by atoms with Gasteiger partial charge in [0.2, 0.25) is 0 Å². The van der Waals surface area contributed by atoms with Crippen molar-refractivity contribution in [1.82, 2.24) is 15.2 Å². The van der Waals surface area contributed by atoms with E-state index in [4.69, 9.17) is 0 Å². The third kappa shape index (κ3) is 2.67. The molecule has 0 saturated carbocycles. The van der Waals surface area contributed by atoms with E-state index >= 15 is 0 Å². The standard InChI is InChI=1S/C9H8BrFN4O2S/c1-5-12-9(14-13-5)15-18(16,17)6-2-3-7(10)8(11)4-6/h2-4H,1H3,(H2,12,13,14,15). The SMILES string of the molecule is Cc1nc(NS(=O)(=O)c2ccc(Br)c(F)c2)n[nH]1. The largest absolute Gasteiger partial charge is 0.264 e. The Morgan fingerprint density at radius 1 is 1.44 bits per heavy atom. The zero-order valence-electron chi connectivity index (χ0n) is 9.11. The number of rotatable bonds is 3. The molecule has 0 fully saturated rings. The summed E-state index contributed by atoms with van der Waals surface area (Å²) in [6.45, 7) is 1.63. The maximum absolute atomic E-state index is 13.3. The molecule has 0 aliphatic rings. The van der Waals surface area contributed by atoms with E-state index in [2.05, 4.69) is 35.8 Å². The summed E-state index contributed by atoms with van der Waals surface area (Å²) in [4.78, 5) is 3.60. The molecule has 0 atom stereocenters. The average Bonchev–Trinajstić information content (AvgIpc) is 2.67. The van der Waals surface area contributed by atoms with Gasteiger partial charge in [-0.2, -0.15) is 4.98 Å². The van der Waals surface area contributed by atoms with Gasteiger partial charge in [-0.15, -0.1) is 5.10 Å². The Morgan fingerprint density at radius 2 is 2.17 bits per heavy atom. The number of nitrogens with one attached hydrogen (secondary N) is 2. The Kier molecular flexibility index (Phi) is 3.35. The molecular weight excluding hydrogens is 327 g/mol. The van der Waals surface area contributed by atoms with Gasteiger partial charge in [0.1, 0.15) is 11.6 Å². The van der Waals surface area contributed by atoms with Crippen LogP contribution in [-0.2, 0) is 10.0 Å². The molecule has 1 aromatic heterocycles. The van der Waals surface area contributed by atoms with Crippen LogP contribution in [0.25, 0.3) is 0 Å². The summed E-state index contributed by atoms with van der Waals surface area (Å²) in [5, 5.41) is 6.13. The smallest absolute Gasteiger partial charge is 0.261 e. The molecule has 0 bridgehead atoms. The highest BCUT2D eigenvalue weighted by Crippen LogP contribution is 2.20. The summed E-state index contributed by atoms with van der Waals surface area (Å²) in [5.74, 6) is -0.283. The number of aryl methyl sites for hydroxylation is 1. The molecule has 2 N–H and O–H groups in total. The lowest BCUT2D eigenvalue weighted by Gasteiger charge is -2.04. The average molecular weight is 335 g/mol. The maximum Gasteiger partial charge on any atom is 0.264 e. The maximum atomic E-state index is 13.3. The van der Waals surface area contributed by atoms with Gasteiger partial charge in [-0.3, -0.25) is 5.10 Å². The number of H-pyrrole nitrogens is 1. The highest BCUT2D eigenvalue weighted by atomic mass is 79.9. The first-order valence-electron chi connectivity index (χ1n) is 4.75. The Bertz CT molecular complexity index is 686. The molecule has 0 aliphatic carbocycles. The molecule has 2 rings (SSSR count). The molecule has 1 aromatic carbocycles. The van der Waals surface area contributed by atoms with Gasteiger partial charge in [-0.05, 0) is 41.1 Å². The van der Waals surface area contributed by atoms with E-state index in [1.165, 1.54) is 12.1 Å². The lowest BCUT2D eigenvalue weighted by Crippen LogP contribution is -2.14. The third-order valence-corrected chi connectivity index (χ3v) is 3.99. The van der Waals surface area contributed by atoms with Gasteiger partial charge < -0.3 is 0 Å². The molecule has 0 unspecified atom stereocenters. The van der Waals surface area contributed by atoms with Gasteiger partial charge in [0.05, 0.1) is 9.37 Å². The zero-order chi connectivity index (χ0) is 13.3. The number of hydrogen-bond acceptors (Lipinski definition) is 4. The number of sulfonamides is 1. The number of benzene rings is 1. The second kappa shape index (κ2) is 4.65. The molecule has 0 amide bonds. The lowest BCUT2D eigenvalue weighted by molar-refractivity contribution is 0.593. The van der Waals surface area contributed by atoms with Gasteiger partial charge in [-0.25, -0.2) is 17.5 Å². The molecule has 96 valence electrons. The van der Waals surface area contributed by atoms with Crippen LogP contribution in [0.2, 0.25) is 0 Å². The fraction of sp³-hybridized carbons (Fsp3) is 0.111. The van der Waals surface area contributed by atoms with E-state index in [1.54, 1.807) is 6.92 Å². The molecule has 18 heavy (non-hydrogen) atoms. The first-order valence-corrected chi connectivity index (χ1v) is 7.03. The van der Waals surface area contributed by atoms with Crippen LogP contribution in [-0.4, -0.2) is 23.6 Å². The van der Waals surface area contributed by atoms with Gasteiger partial charge >= 0.3 is 0 Å². The number of aromatic amines is 1. The number of nitrogens with zero attached hydrogens (tertiary/aromatic N) is 2. The quantitative estimate of drug-likeness (QED) is 0.896. The lowest BCUT2D eigenvalue weighted by atomic mass is 10.3. The molecule has 2 aromatic rings. The fourth-order valence-electron chi connectivity index (χ4n) is 1.21. The number of aromatic nitrogens is 3. The van der Waals surface area contributed by atoms with Gasteiger partial charge in [-0.1, -0.05) is 0 Å². The van der Waals surface area contributed by atoms with E-state index in [9.17, 15) is 12.8 Å². The van der Waals surface area contributed by atoms with Crippen molar-refractivity contribution in [3.8, 4) is 0 Å². The Morgan fingerprint density at radius 3 is 2.72 bits per heavy atom. The highest BCUT2D eigenvalue weighted by Gasteiger charge is 2.17. The first-order chi connectivity index (χ1) is 8.38. The van der Waals surface area contributed by atoms with Crippen LogP contribution in [0.3, 0.4) is 0 Å². The van der Waals surface area contributed by atoms with Crippen molar-refractivity contribution in [2.24, 2.45) is 0 Å². The van der Waals surface area contributed by atoms with Gasteiger partial charge in [0.15, 0.2) is 0 Å². The minimum atomic E-state index is -3.90. The highest BCUT2D eigenvalue weighted by molar-refractivity contribution is 9.10. The monoisotopic (exact) mass is 334 g/mol. The number of anilines is 1. The van der Waals surface area contributed by atoms with Crippen molar-refractivity contribution in [2.75, 3.05) is 4.72 Å². The molecule has 0 radical (unpaired) electrons. The number of halogens is 2. The van der Waals surface area contributed by atoms with Gasteiger partial charge in [0, 0.05) is 0 Å². The predicted molar refractivity (Wildman–Crippen MR) is 66.0 cm³/mol. The molecule has 9 heteroatoms. The van der Waals surface area contributed by atoms with Crippen LogP contribution in [0.4, 0.5) is 10.3 Å². The van der Waals surface area contributed by atoms with Crippen molar-refractivity contribution >= 4 is 31.9 Å². The Balaban J connectivity index is 2.33. The van der Waals surface area contributed by atoms with Crippen LogP contribution in [0.5, 0.6) is 0 Å². The minimum Gasteiger partial charge on any atom is -0.261 e. The van der Waals surface area contributed by atoms with Crippen LogP contribution >= 0.6 is 15.9 Å². The summed E-state index contributed by atoms with van der Waals surface area (Å²) in [5.41, 5.74) is 0. The zero-order valence-corrected chi connectivity index (χ0v) is 11.5.